The van der Waals surface area contributed by atoms with E-state index in [1.807, 2.05) is 0 Å². The minimum Gasteiger partial charge on any atom is -0.263 e. The average Bonchev–Trinajstić information content (AvgIpc) is 2.91. The van der Waals surface area contributed by atoms with Crippen LogP contribution in [0.3, 0.4) is 0 Å². The van der Waals surface area contributed by atoms with Crippen LogP contribution in [0.5, 0.6) is 0 Å². The molecular formula is C18F36O6. The first-order valence-electron chi connectivity index (χ1n) is 12.0. The van der Waals surface area contributed by atoms with E-state index < -0.39 is 109 Å². The molecule has 0 aromatic carbocycles. The molecule has 0 saturated heterocycles. The van der Waals surface area contributed by atoms with E-state index in [0.717, 1.165) is 14.2 Å². The first-order chi connectivity index (χ1) is 25.2. The summed E-state index contributed by atoms with van der Waals surface area (Å²) >= 11 is 0. The van der Waals surface area contributed by atoms with Crippen molar-refractivity contribution in [3.63, 3.8) is 0 Å². The van der Waals surface area contributed by atoms with Crippen molar-refractivity contribution >= 4 is 6.04 Å². The number of halogens is 36. The van der Waals surface area contributed by atoms with Gasteiger partial charge in [-0.3, -0.25) is 28.5 Å². The van der Waals surface area contributed by atoms with E-state index in [0.29, 0.717) is 9.47 Å². The van der Waals surface area contributed by atoms with E-state index >= 15 is 0 Å². The van der Waals surface area contributed by atoms with Crippen LogP contribution in [0.1, 0.15) is 0 Å². The molecule has 0 rings (SSSR count). The third-order valence-corrected chi connectivity index (χ3v) is 5.64. The first kappa shape index (κ1) is 57.0. The molecule has 0 radical (unpaired) electrons. The van der Waals surface area contributed by atoms with Crippen molar-refractivity contribution in [2.75, 3.05) is 0 Å². The largest absolute Gasteiger partial charge is 0.462 e. The summed E-state index contributed by atoms with van der Waals surface area (Å²) in [7, 11) is 0. The second-order valence-electron chi connectivity index (χ2n) is 9.91. The molecule has 6 nitrogen and oxygen atoms in total. The Bertz CT molecular complexity index is 1530. The van der Waals surface area contributed by atoms with Gasteiger partial charge >= 0.3 is 109 Å². The van der Waals surface area contributed by atoms with Crippen LogP contribution in [0.25, 0.3) is 0 Å². The van der Waals surface area contributed by atoms with Gasteiger partial charge in [0.05, 0.1) is 0 Å². The lowest BCUT2D eigenvalue weighted by Gasteiger charge is -2.44. The Labute approximate surface area is 297 Å². The maximum Gasteiger partial charge on any atom is 0.462 e. The molecule has 0 aliphatic carbocycles. The number of alkyl halides is 35. The van der Waals surface area contributed by atoms with E-state index in [1.54, 1.807) is 0 Å². The molecule has 0 spiro atoms. The molecule has 0 saturated carbocycles. The summed E-state index contributed by atoms with van der Waals surface area (Å²) in [5.41, 5.74) is 0. The predicted molar refractivity (Wildman–Crippen MR) is 96.7 cm³/mol. The Kier molecular flexibility index (Phi) is 14.0. The second-order valence-corrected chi connectivity index (χ2v) is 9.91. The second kappa shape index (κ2) is 14.8. The molecule has 0 amide bonds. The molecular weight excluding hydrogens is 996 g/mol. The van der Waals surface area contributed by atoms with Crippen LogP contribution in [0.2, 0.25) is 0 Å². The molecule has 0 unspecified atom stereocenters. The van der Waals surface area contributed by atoms with Crippen LogP contribution in [-0.2, 0) is 28.5 Å². The van der Waals surface area contributed by atoms with Crippen molar-refractivity contribution < 1.29 is 187 Å². The quantitative estimate of drug-likeness (QED) is 0.113. The van der Waals surface area contributed by atoms with Gasteiger partial charge in [0.15, 0.2) is 0 Å². The number of hydrogen-bond acceptors (Lipinski definition) is 6. The van der Waals surface area contributed by atoms with Gasteiger partial charge in [0.25, 0.3) is 0 Å². The summed E-state index contributed by atoms with van der Waals surface area (Å²) in [4.78, 5) is 10.1. The van der Waals surface area contributed by atoms with E-state index in [1.165, 1.54) is 0 Å². The molecule has 0 bridgehead atoms. The standard InChI is InChI=1S/C18F36O6/c19-1(55)2(20,8(27,28)29)56-15(47,48)4(23,10(33,34)35)58-17(51,52)6(25,12(39,40)41)60-18(53,54)7(26,13(42,43)44)59-16(49,50)5(24,11(36,37)38)57-14(45,46)3(21,22)9(30,31)32/t2-,4-,5+,6+,7+/m1/s1. The summed E-state index contributed by atoms with van der Waals surface area (Å²) in [6, 6.07) is -5.29. The van der Waals surface area contributed by atoms with Gasteiger partial charge in [0.1, 0.15) is 0 Å². The molecule has 0 fully saturated rings. The Morgan fingerprint density at radius 2 is 0.433 bits per heavy atom. The van der Waals surface area contributed by atoms with Gasteiger partial charge in [-0.25, -0.2) is 0 Å². The lowest BCUT2D eigenvalue weighted by atomic mass is 10.2. The maximum atomic E-state index is 14.5. The zero-order chi connectivity index (χ0) is 49.6. The van der Waals surface area contributed by atoms with E-state index in [4.69, 9.17) is 0 Å². The summed E-state index contributed by atoms with van der Waals surface area (Å²) in [6.07, 6.45) is -98.7. The SMILES string of the molecule is O=C(F)[C@@](F)(OC(F)(F)[C@](F)(OC(F)(F)[C@@](F)(OC(F)(F)[C@@](F)(OC(F)(F)[C@@](F)(OC(F)(F)C(F)(F)C(F)(F)F)C(F)(F)F)C(F)(F)F)C(F)(F)F)C(F)(F)F)C(F)(F)F. The smallest absolute Gasteiger partial charge is 0.263 e. The van der Waals surface area contributed by atoms with Crippen LogP contribution in [-0.4, -0.2) is 109 Å². The molecule has 60 heavy (non-hydrogen) atoms. The normalized spacial score (nSPS) is 20.7. The zero-order valence-corrected chi connectivity index (χ0v) is 25.1. The minimum absolute atomic E-state index is 0.652. The average molecular weight is 996 g/mol. The first-order valence-corrected chi connectivity index (χ1v) is 12.0. The van der Waals surface area contributed by atoms with Crippen LogP contribution in [0.15, 0.2) is 0 Å². The highest BCUT2D eigenvalue weighted by Crippen LogP contribution is 2.62. The molecule has 5 atom stereocenters. The van der Waals surface area contributed by atoms with Crippen molar-refractivity contribution in [3.8, 4) is 0 Å². The van der Waals surface area contributed by atoms with Crippen LogP contribution in [0, 0.1) is 0 Å². The lowest BCUT2D eigenvalue weighted by molar-refractivity contribution is -0.600. The summed E-state index contributed by atoms with van der Waals surface area (Å²) in [5, 5.41) is 0. The van der Waals surface area contributed by atoms with Crippen LogP contribution >= 0.6 is 0 Å². The van der Waals surface area contributed by atoms with E-state index in [9.17, 15) is 163 Å². The van der Waals surface area contributed by atoms with E-state index in [-0.39, 0.29) is 0 Å². The Balaban J connectivity index is 8.02. The fraction of sp³-hybridized carbons (Fsp3) is 0.944. The fourth-order valence-electron chi connectivity index (χ4n) is 2.71. The zero-order valence-electron chi connectivity index (χ0n) is 25.1. The van der Waals surface area contributed by atoms with Gasteiger partial charge in [0, 0.05) is 0 Å². The number of carbonyl (C=O) groups is 1. The van der Waals surface area contributed by atoms with Gasteiger partial charge in [-0.05, 0) is 0 Å². The molecule has 0 aliphatic heterocycles. The molecule has 360 valence electrons. The van der Waals surface area contributed by atoms with Crippen molar-refractivity contribution in [1.29, 1.82) is 0 Å². The highest BCUT2D eigenvalue weighted by Gasteiger charge is 2.91. The number of ether oxygens (including phenoxy) is 5. The third-order valence-electron chi connectivity index (χ3n) is 5.64. The molecule has 0 aliphatic rings. The lowest BCUT2D eigenvalue weighted by Crippen LogP contribution is -2.73. The van der Waals surface area contributed by atoms with E-state index in [2.05, 4.69) is 0 Å². The van der Waals surface area contributed by atoms with Crippen molar-refractivity contribution in [3.05, 3.63) is 0 Å². The maximum absolute atomic E-state index is 14.5. The summed E-state index contributed by atoms with van der Waals surface area (Å²) in [5.74, 6) is -54.2. The summed E-state index contributed by atoms with van der Waals surface area (Å²) < 4.78 is 483. The molecule has 0 N–H and O–H groups in total. The van der Waals surface area contributed by atoms with Gasteiger partial charge in [-0.1, -0.05) is 0 Å². The Hall–Kier alpha value is -3.05. The number of carbonyl (C=O) groups excluding carboxylic acids is 1. The monoisotopic (exact) mass is 996 g/mol. The number of hydrogen-bond donors (Lipinski definition) is 0. The highest BCUT2D eigenvalue weighted by molar-refractivity contribution is 5.77. The van der Waals surface area contributed by atoms with Gasteiger partial charge in [-0.15, -0.1) is 0 Å². The topological polar surface area (TPSA) is 63.2 Å². The minimum atomic E-state index is -9.64. The van der Waals surface area contributed by atoms with Crippen molar-refractivity contribution in [2.24, 2.45) is 0 Å². The van der Waals surface area contributed by atoms with Gasteiger partial charge < -0.3 is 0 Å². The fourth-order valence-corrected chi connectivity index (χ4v) is 2.71. The van der Waals surface area contributed by atoms with Crippen molar-refractivity contribution in [2.45, 2.75) is 103 Å². The van der Waals surface area contributed by atoms with Gasteiger partial charge in [-0.2, -0.15) is 158 Å². The molecule has 0 heterocycles. The predicted octanol–water partition coefficient (Wildman–Crippen LogP) is 10.9. The van der Waals surface area contributed by atoms with Crippen LogP contribution < -0.4 is 0 Å². The highest BCUT2D eigenvalue weighted by atomic mass is 19.5. The Morgan fingerprint density at radius 3 is 0.583 bits per heavy atom. The molecule has 0 aromatic rings. The molecule has 0 aromatic heterocycles. The summed E-state index contributed by atoms with van der Waals surface area (Å²) in [6.45, 7) is 0. The third kappa shape index (κ3) is 9.19. The van der Waals surface area contributed by atoms with Crippen molar-refractivity contribution in [1.82, 2.24) is 0 Å². The molecule has 42 heteroatoms. The number of rotatable bonds is 16. The van der Waals surface area contributed by atoms with Crippen LogP contribution in [0.4, 0.5) is 158 Å². The Morgan fingerprint density at radius 1 is 0.250 bits per heavy atom. The van der Waals surface area contributed by atoms with Gasteiger partial charge in [0.2, 0.25) is 0 Å².